The van der Waals surface area contributed by atoms with Gasteiger partial charge in [0.25, 0.3) is 5.91 Å². The van der Waals surface area contributed by atoms with E-state index in [1.807, 2.05) is 39.2 Å². The van der Waals surface area contributed by atoms with Crippen molar-refractivity contribution in [2.45, 2.75) is 6.92 Å². The lowest BCUT2D eigenvalue weighted by Crippen LogP contribution is -2.21. The minimum Gasteiger partial charge on any atom is -0.384 e. The maximum Gasteiger partial charge on any atom is 0.257 e. The van der Waals surface area contributed by atoms with E-state index in [9.17, 15) is 9.18 Å². The van der Waals surface area contributed by atoms with Gasteiger partial charge in [-0.1, -0.05) is 0 Å². The molecule has 0 aliphatic carbocycles. The lowest BCUT2D eigenvalue weighted by Gasteiger charge is -2.14. The fraction of sp³-hybridized carbons (Fsp3) is 0.250. The number of benzene rings is 2. The zero-order chi connectivity index (χ0) is 18.7. The van der Waals surface area contributed by atoms with Crippen molar-refractivity contribution in [3.8, 4) is 0 Å². The SMILES string of the molecule is Cc1cc(NC=C2C(=O)Nc3cc(F)ccc32)ccc1NCCN(C)C. The first-order chi connectivity index (χ1) is 12.4. The number of carbonyl (C=O) groups excluding carboxylic acids is 1. The van der Waals surface area contributed by atoms with E-state index in [2.05, 4.69) is 20.9 Å². The average molecular weight is 354 g/mol. The fourth-order valence-electron chi connectivity index (χ4n) is 2.83. The molecule has 0 fully saturated rings. The van der Waals surface area contributed by atoms with Crippen LogP contribution in [0.25, 0.3) is 5.57 Å². The third-order valence-electron chi connectivity index (χ3n) is 4.25. The number of carbonyl (C=O) groups is 1. The number of aryl methyl sites for hydroxylation is 1. The van der Waals surface area contributed by atoms with Gasteiger partial charge in [-0.25, -0.2) is 4.39 Å². The highest BCUT2D eigenvalue weighted by Crippen LogP contribution is 2.32. The van der Waals surface area contributed by atoms with Gasteiger partial charge in [-0.15, -0.1) is 0 Å². The van der Waals surface area contributed by atoms with Gasteiger partial charge in [0.05, 0.1) is 11.3 Å². The van der Waals surface area contributed by atoms with Gasteiger partial charge in [0.2, 0.25) is 0 Å². The Bertz CT molecular complexity index is 861. The maximum atomic E-state index is 13.3. The number of hydrogen-bond acceptors (Lipinski definition) is 4. The fourth-order valence-corrected chi connectivity index (χ4v) is 2.83. The van der Waals surface area contributed by atoms with Crippen LogP contribution in [0, 0.1) is 12.7 Å². The zero-order valence-electron chi connectivity index (χ0n) is 15.2. The molecule has 5 nitrogen and oxygen atoms in total. The molecule has 2 aromatic carbocycles. The Labute approximate surface area is 152 Å². The molecule has 6 heteroatoms. The van der Waals surface area contributed by atoms with Crippen molar-refractivity contribution in [1.82, 2.24) is 4.90 Å². The molecule has 1 amide bonds. The minimum absolute atomic E-state index is 0.239. The number of rotatable bonds is 6. The molecule has 3 N–H and O–H groups in total. The molecule has 0 radical (unpaired) electrons. The van der Waals surface area contributed by atoms with Gasteiger partial charge >= 0.3 is 0 Å². The van der Waals surface area contributed by atoms with Crippen LogP contribution in [0.1, 0.15) is 11.1 Å². The summed E-state index contributed by atoms with van der Waals surface area (Å²) in [5.74, 6) is -0.608. The van der Waals surface area contributed by atoms with Crippen molar-refractivity contribution in [2.75, 3.05) is 43.1 Å². The van der Waals surface area contributed by atoms with Crippen LogP contribution in [0.2, 0.25) is 0 Å². The summed E-state index contributed by atoms with van der Waals surface area (Å²) in [6.45, 7) is 3.87. The Kier molecular flexibility index (Phi) is 5.23. The molecule has 1 aliphatic rings. The van der Waals surface area contributed by atoms with E-state index in [1.165, 1.54) is 12.1 Å². The molecule has 0 spiro atoms. The molecule has 136 valence electrons. The van der Waals surface area contributed by atoms with E-state index >= 15 is 0 Å². The summed E-state index contributed by atoms with van der Waals surface area (Å²) in [6, 6.07) is 10.3. The number of nitrogens with zero attached hydrogens (tertiary/aromatic N) is 1. The van der Waals surface area contributed by atoms with Gasteiger partial charge in [-0.3, -0.25) is 4.79 Å². The van der Waals surface area contributed by atoms with Gasteiger partial charge in [-0.2, -0.15) is 0 Å². The molecule has 0 bridgehead atoms. The monoisotopic (exact) mass is 354 g/mol. The van der Waals surface area contributed by atoms with E-state index in [0.29, 0.717) is 16.8 Å². The normalized spacial score (nSPS) is 14.5. The predicted molar refractivity (Wildman–Crippen MR) is 105 cm³/mol. The molecular formula is C20H23FN4O. The van der Waals surface area contributed by atoms with E-state index in [-0.39, 0.29) is 11.7 Å². The van der Waals surface area contributed by atoms with Crippen LogP contribution in [-0.2, 0) is 4.79 Å². The van der Waals surface area contributed by atoms with Crippen LogP contribution in [-0.4, -0.2) is 38.0 Å². The molecule has 26 heavy (non-hydrogen) atoms. The zero-order valence-corrected chi connectivity index (χ0v) is 15.2. The lowest BCUT2D eigenvalue weighted by atomic mass is 10.1. The lowest BCUT2D eigenvalue weighted by molar-refractivity contribution is -0.110. The second-order valence-electron chi connectivity index (χ2n) is 6.61. The van der Waals surface area contributed by atoms with E-state index < -0.39 is 0 Å². The Morgan fingerprint density at radius 3 is 2.73 bits per heavy atom. The molecule has 0 saturated carbocycles. The van der Waals surface area contributed by atoms with Gasteiger partial charge in [-0.05, 0) is 63.0 Å². The first-order valence-corrected chi connectivity index (χ1v) is 8.51. The Balaban J connectivity index is 1.71. The van der Waals surface area contributed by atoms with Crippen molar-refractivity contribution in [1.29, 1.82) is 0 Å². The molecule has 0 unspecified atom stereocenters. The van der Waals surface area contributed by atoms with Crippen LogP contribution in [0.3, 0.4) is 0 Å². The van der Waals surface area contributed by atoms with Crippen LogP contribution >= 0.6 is 0 Å². The number of nitrogens with one attached hydrogen (secondary N) is 3. The van der Waals surface area contributed by atoms with Crippen LogP contribution in [0.4, 0.5) is 21.5 Å². The molecule has 3 rings (SSSR count). The van der Waals surface area contributed by atoms with Crippen molar-refractivity contribution >= 4 is 28.5 Å². The van der Waals surface area contributed by atoms with E-state index in [4.69, 9.17) is 0 Å². The number of likely N-dealkylation sites (N-methyl/N-ethyl adjacent to an activating group) is 1. The summed E-state index contributed by atoms with van der Waals surface area (Å²) in [7, 11) is 4.08. The third kappa shape index (κ3) is 4.03. The second kappa shape index (κ2) is 7.58. The van der Waals surface area contributed by atoms with Crippen molar-refractivity contribution in [3.63, 3.8) is 0 Å². The largest absolute Gasteiger partial charge is 0.384 e. The second-order valence-corrected chi connectivity index (χ2v) is 6.61. The first-order valence-electron chi connectivity index (χ1n) is 8.51. The molecule has 0 aromatic heterocycles. The average Bonchev–Trinajstić information content (AvgIpc) is 2.88. The van der Waals surface area contributed by atoms with Gasteiger partial charge in [0.1, 0.15) is 5.82 Å². The highest BCUT2D eigenvalue weighted by atomic mass is 19.1. The summed E-state index contributed by atoms with van der Waals surface area (Å²) in [5.41, 5.74) is 4.78. The standard InChI is InChI=1S/C20H23FN4O/c1-13-10-15(5-7-18(13)22-8-9-25(2)3)23-12-17-16-6-4-14(21)11-19(16)24-20(17)26/h4-7,10-12,22-23H,8-9H2,1-3H3,(H,24,26). The number of amides is 1. The first kappa shape index (κ1) is 17.9. The summed E-state index contributed by atoms with van der Waals surface area (Å²) >= 11 is 0. The van der Waals surface area contributed by atoms with Crippen LogP contribution < -0.4 is 16.0 Å². The highest BCUT2D eigenvalue weighted by Gasteiger charge is 2.24. The maximum absolute atomic E-state index is 13.3. The number of fused-ring (bicyclic) bond motifs is 1. The highest BCUT2D eigenvalue weighted by molar-refractivity contribution is 6.31. The van der Waals surface area contributed by atoms with E-state index in [0.717, 1.165) is 30.0 Å². The van der Waals surface area contributed by atoms with Crippen molar-refractivity contribution in [3.05, 3.63) is 59.5 Å². The minimum atomic E-state index is -0.369. The molecular weight excluding hydrogens is 331 g/mol. The van der Waals surface area contributed by atoms with Gasteiger partial charge in [0.15, 0.2) is 0 Å². The van der Waals surface area contributed by atoms with Crippen LogP contribution in [0.15, 0.2) is 42.6 Å². The third-order valence-corrected chi connectivity index (χ3v) is 4.25. The summed E-state index contributed by atoms with van der Waals surface area (Å²) in [6.07, 6.45) is 1.66. The summed E-state index contributed by atoms with van der Waals surface area (Å²) in [5, 5.41) is 9.25. The number of hydrogen-bond donors (Lipinski definition) is 3. The molecule has 1 aliphatic heterocycles. The van der Waals surface area contributed by atoms with Gasteiger partial charge < -0.3 is 20.9 Å². The molecule has 0 atom stereocenters. The number of anilines is 3. The molecule has 0 saturated heterocycles. The van der Waals surface area contributed by atoms with Gasteiger partial charge in [0, 0.05) is 36.2 Å². The molecule has 2 aromatic rings. The van der Waals surface area contributed by atoms with Crippen molar-refractivity contribution < 1.29 is 9.18 Å². The molecule has 1 heterocycles. The van der Waals surface area contributed by atoms with E-state index in [1.54, 1.807) is 12.3 Å². The Hall–Kier alpha value is -2.86. The summed E-state index contributed by atoms with van der Waals surface area (Å²) in [4.78, 5) is 14.2. The smallest absolute Gasteiger partial charge is 0.257 e. The number of halogens is 1. The summed E-state index contributed by atoms with van der Waals surface area (Å²) < 4.78 is 13.3. The Morgan fingerprint density at radius 1 is 1.19 bits per heavy atom. The predicted octanol–water partition coefficient (Wildman–Crippen LogP) is 3.51. The Morgan fingerprint density at radius 2 is 2.00 bits per heavy atom. The topological polar surface area (TPSA) is 56.4 Å². The van der Waals surface area contributed by atoms with Crippen LogP contribution in [0.5, 0.6) is 0 Å². The van der Waals surface area contributed by atoms with Crippen molar-refractivity contribution in [2.24, 2.45) is 0 Å². The quantitative estimate of drug-likeness (QED) is 0.695.